The van der Waals surface area contributed by atoms with Crippen LogP contribution in [0.15, 0.2) is 71.2 Å². The number of ether oxygens (including phenoxy) is 2. The molecule has 0 aliphatic carbocycles. The summed E-state index contributed by atoms with van der Waals surface area (Å²) in [6, 6.07) is 20.2. The van der Waals surface area contributed by atoms with E-state index >= 15 is 0 Å². The summed E-state index contributed by atoms with van der Waals surface area (Å²) in [6.45, 7) is 2.34. The molecule has 174 valence electrons. The number of carbonyl (C=O) groups excluding carboxylic acids is 1. The zero-order valence-electron chi connectivity index (χ0n) is 18.5. The lowest BCUT2D eigenvalue weighted by Gasteiger charge is -2.18. The highest BCUT2D eigenvalue weighted by molar-refractivity contribution is 7.99. The zero-order valence-corrected chi connectivity index (χ0v) is 20.1. The summed E-state index contributed by atoms with van der Waals surface area (Å²) < 4.78 is 13.3. The van der Waals surface area contributed by atoms with Gasteiger partial charge in [0, 0.05) is 6.54 Å². The van der Waals surface area contributed by atoms with Crippen LogP contribution in [0.5, 0.6) is 11.5 Å². The van der Waals surface area contributed by atoms with E-state index in [0.29, 0.717) is 26.3 Å². The van der Waals surface area contributed by atoms with E-state index in [1.807, 2.05) is 53.9 Å². The fourth-order valence-corrected chi connectivity index (χ4v) is 5.15. The van der Waals surface area contributed by atoms with E-state index in [4.69, 9.17) is 9.47 Å². The Kier molecular flexibility index (Phi) is 7.11. The van der Waals surface area contributed by atoms with Gasteiger partial charge in [0.1, 0.15) is 13.2 Å². The van der Waals surface area contributed by atoms with E-state index in [1.54, 1.807) is 11.3 Å². The summed E-state index contributed by atoms with van der Waals surface area (Å²) in [4.78, 5) is 13.6. The Morgan fingerprint density at radius 2 is 1.85 bits per heavy atom. The first kappa shape index (κ1) is 22.5. The fraction of sp³-hybridized carbons (Fsp3) is 0.240. The molecule has 1 amide bonds. The molecule has 1 aliphatic rings. The Hall–Kier alpha value is -3.30. The van der Waals surface area contributed by atoms with Gasteiger partial charge in [-0.05, 0) is 41.1 Å². The van der Waals surface area contributed by atoms with Gasteiger partial charge in [-0.2, -0.15) is 0 Å². The summed E-state index contributed by atoms with van der Waals surface area (Å²) in [5.41, 5.74) is 2.26. The second kappa shape index (κ2) is 10.8. The average Bonchev–Trinajstić information content (AvgIpc) is 3.53. The molecule has 9 heteroatoms. The van der Waals surface area contributed by atoms with Crippen LogP contribution < -0.4 is 14.8 Å². The molecule has 0 radical (unpaired) electrons. The smallest absolute Gasteiger partial charge is 0.230 e. The molecule has 1 aliphatic heterocycles. The van der Waals surface area contributed by atoms with Crippen LogP contribution in [0.25, 0.3) is 10.7 Å². The van der Waals surface area contributed by atoms with Gasteiger partial charge in [-0.3, -0.25) is 9.36 Å². The molecule has 2 aromatic carbocycles. The predicted molar refractivity (Wildman–Crippen MR) is 134 cm³/mol. The number of hydrogen-bond acceptors (Lipinski definition) is 7. The molecule has 0 bridgehead atoms. The lowest BCUT2D eigenvalue weighted by atomic mass is 10.1. The molecule has 0 spiro atoms. The van der Waals surface area contributed by atoms with Crippen LogP contribution in [0.3, 0.4) is 0 Å². The van der Waals surface area contributed by atoms with E-state index in [0.717, 1.165) is 44.9 Å². The molecule has 5 rings (SSSR count). The zero-order chi connectivity index (χ0) is 23.2. The number of thioether (sulfide) groups is 1. The maximum absolute atomic E-state index is 12.5. The van der Waals surface area contributed by atoms with Crippen molar-refractivity contribution in [2.45, 2.75) is 18.1 Å². The number of fused-ring (bicyclic) bond motifs is 1. The van der Waals surface area contributed by atoms with Crippen molar-refractivity contribution < 1.29 is 14.3 Å². The van der Waals surface area contributed by atoms with E-state index in [2.05, 4.69) is 32.2 Å². The highest BCUT2D eigenvalue weighted by atomic mass is 32.2. The van der Waals surface area contributed by atoms with E-state index < -0.39 is 0 Å². The first-order valence-corrected chi connectivity index (χ1v) is 12.9. The van der Waals surface area contributed by atoms with Crippen LogP contribution in [-0.2, 0) is 17.8 Å². The number of rotatable bonds is 9. The molecule has 3 heterocycles. The van der Waals surface area contributed by atoms with Crippen molar-refractivity contribution >= 4 is 29.0 Å². The van der Waals surface area contributed by atoms with Crippen molar-refractivity contribution in [1.29, 1.82) is 0 Å². The molecule has 34 heavy (non-hydrogen) atoms. The van der Waals surface area contributed by atoms with Crippen molar-refractivity contribution in [3.63, 3.8) is 0 Å². The number of aromatic nitrogens is 3. The number of carbonyl (C=O) groups is 1. The maximum Gasteiger partial charge on any atom is 0.230 e. The summed E-state index contributed by atoms with van der Waals surface area (Å²) >= 11 is 3.03. The summed E-state index contributed by atoms with van der Waals surface area (Å²) in [6.07, 6.45) is 0.722. The van der Waals surface area contributed by atoms with Crippen molar-refractivity contribution in [3.05, 3.63) is 77.2 Å². The molecular weight excluding hydrogens is 468 g/mol. The van der Waals surface area contributed by atoms with Crippen molar-refractivity contribution in [3.8, 4) is 22.2 Å². The van der Waals surface area contributed by atoms with Crippen LogP contribution in [-0.4, -0.2) is 46.2 Å². The number of nitrogens with one attached hydrogen (secondary N) is 1. The minimum atomic E-state index is -0.0329. The monoisotopic (exact) mass is 492 g/mol. The number of nitrogens with zero attached hydrogens (tertiary/aromatic N) is 3. The van der Waals surface area contributed by atoms with Crippen LogP contribution >= 0.6 is 23.1 Å². The molecule has 0 saturated heterocycles. The Bertz CT molecular complexity index is 1240. The molecule has 0 fully saturated rings. The summed E-state index contributed by atoms with van der Waals surface area (Å²) in [5, 5.41) is 14.6. The van der Waals surface area contributed by atoms with Crippen LogP contribution in [0, 0.1) is 0 Å². The lowest BCUT2D eigenvalue weighted by Crippen LogP contribution is -2.27. The van der Waals surface area contributed by atoms with E-state index in [9.17, 15) is 4.79 Å². The second-order valence-corrected chi connectivity index (χ2v) is 9.61. The molecule has 0 atom stereocenters. The SMILES string of the molecule is O=C(CSc1nnc(-c2cccs2)n1Cc1ccccc1)NCCc1ccc2c(c1)OCCO2. The molecule has 0 saturated carbocycles. The maximum atomic E-state index is 12.5. The van der Waals surface area contributed by atoms with Gasteiger partial charge < -0.3 is 14.8 Å². The highest BCUT2D eigenvalue weighted by Gasteiger charge is 2.17. The van der Waals surface area contributed by atoms with Crippen LogP contribution in [0.1, 0.15) is 11.1 Å². The molecule has 1 N–H and O–H groups in total. The fourth-order valence-electron chi connectivity index (χ4n) is 3.66. The van der Waals surface area contributed by atoms with Gasteiger partial charge in [-0.25, -0.2) is 0 Å². The number of benzene rings is 2. The lowest BCUT2D eigenvalue weighted by molar-refractivity contribution is -0.118. The Morgan fingerprint density at radius 1 is 1.00 bits per heavy atom. The van der Waals surface area contributed by atoms with Gasteiger partial charge >= 0.3 is 0 Å². The Morgan fingerprint density at radius 3 is 2.68 bits per heavy atom. The van der Waals surface area contributed by atoms with Gasteiger partial charge in [0.15, 0.2) is 22.5 Å². The van der Waals surface area contributed by atoms with Gasteiger partial charge in [-0.15, -0.1) is 21.5 Å². The van der Waals surface area contributed by atoms with E-state index in [-0.39, 0.29) is 11.7 Å². The summed E-state index contributed by atoms with van der Waals surface area (Å²) in [5.74, 6) is 2.61. The van der Waals surface area contributed by atoms with Gasteiger partial charge in [0.2, 0.25) is 5.91 Å². The quantitative estimate of drug-likeness (QED) is 0.352. The molecule has 2 aromatic heterocycles. The third-order valence-corrected chi connectivity index (χ3v) is 7.15. The van der Waals surface area contributed by atoms with Crippen LogP contribution in [0.2, 0.25) is 0 Å². The minimum Gasteiger partial charge on any atom is -0.486 e. The standard InChI is InChI=1S/C25H24N4O3S2/c30-23(26-11-10-18-8-9-20-21(15-18)32-13-12-31-20)17-34-25-28-27-24(22-7-4-14-33-22)29(25)16-19-5-2-1-3-6-19/h1-9,14-15H,10-13,16-17H2,(H,26,30). The molecule has 0 unspecified atom stereocenters. The normalized spacial score (nSPS) is 12.5. The molecule has 7 nitrogen and oxygen atoms in total. The van der Waals surface area contributed by atoms with Gasteiger partial charge in [0.05, 0.1) is 17.2 Å². The average molecular weight is 493 g/mol. The molecular formula is C25H24N4O3S2. The van der Waals surface area contributed by atoms with Crippen molar-refractivity contribution in [2.75, 3.05) is 25.5 Å². The third kappa shape index (κ3) is 5.43. The first-order valence-electron chi connectivity index (χ1n) is 11.1. The Labute approximate surface area is 206 Å². The minimum absolute atomic E-state index is 0.0329. The van der Waals surface area contributed by atoms with Gasteiger partial charge in [-0.1, -0.05) is 54.2 Å². The Balaban J connectivity index is 1.18. The van der Waals surface area contributed by atoms with Crippen molar-refractivity contribution in [1.82, 2.24) is 20.1 Å². The van der Waals surface area contributed by atoms with Crippen molar-refractivity contribution in [2.24, 2.45) is 0 Å². The van der Waals surface area contributed by atoms with E-state index in [1.165, 1.54) is 11.8 Å². The predicted octanol–water partition coefficient (Wildman–Crippen LogP) is 4.28. The number of thiophene rings is 1. The topological polar surface area (TPSA) is 78.3 Å². The summed E-state index contributed by atoms with van der Waals surface area (Å²) in [7, 11) is 0. The van der Waals surface area contributed by atoms with Gasteiger partial charge in [0.25, 0.3) is 0 Å². The first-order chi connectivity index (χ1) is 16.8. The van der Waals surface area contributed by atoms with Crippen LogP contribution in [0.4, 0.5) is 0 Å². The molecule has 4 aromatic rings. The number of amides is 1. The largest absolute Gasteiger partial charge is 0.486 e. The third-order valence-electron chi connectivity index (χ3n) is 5.32. The number of hydrogen-bond donors (Lipinski definition) is 1. The second-order valence-electron chi connectivity index (χ2n) is 7.72. The highest BCUT2D eigenvalue weighted by Crippen LogP contribution is 2.31.